The minimum Gasteiger partial charge on any atom is -0.410 e. The number of urea groups is 1. The Morgan fingerprint density at radius 2 is 2.05 bits per heavy atom. The fraction of sp³-hybridized carbons (Fsp3) is 0.692. The highest BCUT2D eigenvalue weighted by Gasteiger charge is 2.21. The van der Waals surface area contributed by atoms with Gasteiger partial charge in [-0.25, -0.2) is 4.79 Å². The number of piperidine rings is 1. The third-order valence-electron chi connectivity index (χ3n) is 3.52. The van der Waals surface area contributed by atoms with Crippen LogP contribution in [0.25, 0.3) is 0 Å². The number of carbonyl (C=O) groups is 2. The maximum absolute atomic E-state index is 11.8. The zero-order chi connectivity index (χ0) is 15.9. The van der Waals surface area contributed by atoms with Crippen LogP contribution in [-0.4, -0.2) is 47.5 Å². The van der Waals surface area contributed by atoms with E-state index in [4.69, 9.17) is 4.42 Å². The molecule has 1 atom stereocenters. The van der Waals surface area contributed by atoms with E-state index in [1.807, 2.05) is 0 Å². The second-order valence-corrected chi connectivity index (χ2v) is 6.57. The molecule has 22 heavy (non-hydrogen) atoms. The van der Waals surface area contributed by atoms with E-state index in [0.717, 1.165) is 31.4 Å². The number of nitrogens with one attached hydrogen (secondary N) is 3. The molecule has 9 heteroatoms. The Morgan fingerprint density at radius 3 is 2.73 bits per heavy atom. The van der Waals surface area contributed by atoms with E-state index in [-0.39, 0.29) is 0 Å². The Kier molecular flexibility index (Phi) is 6.20. The van der Waals surface area contributed by atoms with Crippen molar-refractivity contribution in [2.24, 2.45) is 0 Å². The van der Waals surface area contributed by atoms with E-state index in [0.29, 0.717) is 11.1 Å². The molecule has 122 valence electrons. The van der Waals surface area contributed by atoms with Crippen molar-refractivity contribution >= 4 is 23.7 Å². The molecule has 3 amide bonds. The fourth-order valence-electron chi connectivity index (χ4n) is 2.28. The van der Waals surface area contributed by atoms with Crippen LogP contribution in [0.3, 0.4) is 0 Å². The summed E-state index contributed by atoms with van der Waals surface area (Å²) >= 11 is 1.15. The van der Waals surface area contributed by atoms with Gasteiger partial charge in [0, 0.05) is 7.05 Å². The normalized spacial score (nSPS) is 17.0. The lowest BCUT2D eigenvalue weighted by Crippen LogP contribution is -3.11. The second-order valence-electron chi connectivity index (χ2n) is 5.28. The van der Waals surface area contributed by atoms with Crippen molar-refractivity contribution in [1.29, 1.82) is 0 Å². The first-order chi connectivity index (χ1) is 10.6. The van der Waals surface area contributed by atoms with Crippen molar-refractivity contribution in [3.05, 3.63) is 5.89 Å². The number of carbonyl (C=O) groups excluding carboxylic acids is 2. The van der Waals surface area contributed by atoms with Crippen LogP contribution in [-0.2, 0) is 11.3 Å². The summed E-state index contributed by atoms with van der Waals surface area (Å²) in [6.45, 7) is 4.68. The van der Waals surface area contributed by atoms with Crippen LogP contribution in [0.2, 0.25) is 0 Å². The zero-order valence-electron chi connectivity index (χ0n) is 12.8. The number of amides is 3. The van der Waals surface area contributed by atoms with Gasteiger partial charge in [-0.3, -0.25) is 10.1 Å². The summed E-state index contributed by atoms with van der Waals surface area (Å²) in [7, 11) is 1.45. The van der Waals surface area contributed by atoms with Crippen molar-refractivity contribution in [3.63, 3.8) is 0 Å². The summed E-state index contributed by atoms with van der Waals surface area (Å²) in [5, 5.41) is 12.4. The maximum atomic E-state index is 11.8. The molecule has 0 unspecified atom stereocenters. The molecule has 8 nitrogen and oxygen atoms in total. The van der Waals surface area contributed by atoms with Crippen LogP contribution in [0.15, 0.2) is 9.64 Å². The Morgan fingerprint density at radius 1 is 1.32 bits per heavy atom. The minimum atomic E-state index is -0.530. The quantitative estimate of drug-likeness (QED) is 0.634. The molecule has 2 heterocycles. The van der Waals surface area contributed by atoms with Gasteiger partial charge in [-0.2, -0.15) is 0 Å². The van der Waals surface area contributed by atoms with E-state index in [1.165, 1.54) is 31.2 Å². The van der Waals surface area contributed by atoms with Gasteiger partial charge < -0.3 is 14.6 Å². The highest BCUT2D eigenvalue weighted by atomic mass is 32.2. The minimum absolute atomic E-state index is 0.353. The molecular formula is C13H22N5O3S+. The highest BCUT2D eigenvalue weighted by molar-refractivity contribution is 8.00. The lowest BCUT2D eigenvalue weighted by atomic mass is 10.1. The fourth-order valence-corrected chi connectivity index (χ4v) is 2.98. The molecule has 0 spiro atoms. The Hall–Kier alpha value is -1.61. The molecule has 2 rings (SSSR count). The molecule has 1 aromatic heterocycles. The zero-order valence-corrected chi connectivity index (χ0v) is 13.7. The SMILES string of the molecule is CNC(=O)NC(=O)[C@@H](C)Sc1nnc(C[NH+]2CCCCC2)o1. The predicted molar refractivity (Wildman–Crippen MR) is 80.5 cm³/mol. The van der Waals surface area contributed by atoms with Gasteiger partial charge in [0.15, 0.2) is 6.54 Å². The number of likely N-dealkylation sites (tertiary alicyclic amines) is 1. The first-order valence-corrected chi connectivity index (χ1v) is 8.31. The van der Waals surface area contributed by atoms with Gasteiger partial charge in [-0.15, -0.1) is 10.2 Å². The van der Waals surface area contributed by atoms with Crippen molar-refractivity contribution in [1.82, 2.24) is 20.8 Å². The molecule has 1 aromatic rings. The first-order valence-electron chi connectivity index (χ1n) is 7.43. The molecule has 0 saturated carbocycles. The van der Waals surface area contributed by atoms with Crippen LogP contribution in [0.5, 0.6) is 0 Å². The molecule has 0 bridgehead atoms. The van der Waals surface area contributed by atoms with Crippen LogP contribution in [0, 0.1) is 0 Å². The number of quaternary nitrogens is 1. The van der Waals surface area contributed by atoms with E-state index in [2.05, 4.69) is 20.8 Å². The molecule has 0 aliphatic carbocycles. The Labute approximate surface area is 133 Å². The average molecular weight is 328 g/mol. The van der Waals surface area contributed by atoms with Crippen molar-refractivity contribution in [2.75, 3.05) is 20.1 Å². The number of rotatable bonds is 5. The van der Waals surface area contributed by atoms with E-state index >= 15 is 0 Å². The van der Waals surface area contributed by atoms with E-state index in [9.17, 15) is 9.59 Å². The molecule has 1 fully saturated rings. The number of nitrogens with zero attached hydrogens (tertiary/aromatic N) is 2. The number of aromatic nitrogens is 2. The summed E-state index contributed by atoms with van der Waals surface area (Å²) in [5.41, 5.74) is 0. The molecule has 1 aliphatic heterocycles. The number of hydrogen-bond donors (Lipinski definition) is 3. The smallest absolute Gasteiger partial charge is 0.321 e. The average Bonchev–Trinajstić information content (AvgIpc) is 2.95. The largest absolute Gasteiger partial charge is 0.410 e. The van der Waals surface area contributed by atoms with Crippen molar-refractivity contribution in [3.8, 4) is 0 Å². The van der Waals surface area contributed by atoms with E-state index < -0.39 is 17.2 Å². The lowest BCUT2D eigenvalue weighted by molar-refractivity contribution is -0.919. The van der Waals surface area contributed by atoms with Gasteiger partial charge in [0.2, 0.25) is 5.91 Å². The van der Waals surface area contributed by atoms with Crippen LogP contribution in [0.1, 0.15) is 32.1 Å². The molecule has 0 aromatic carbocycles. The van der Waals surface area contributed by atoms with Crippen molar-refractivity contribution < 1.29 is 18.9 Å². The van der Waals surface area contributed by atoms with Crippen LogP contribution >= 0.6 is 11.8 Å². The van der Waals surface area contributed by atoms with Gasteiger partial charge >= 0.3 is 6.03 Å². The predicted octanol–water partition coefficient (Wildman–Crippen LogP) is -0.425. The summed E-state index contributed by atoms with van der Waals surface area (Å²) in [4.78, 5) is 24.3. The standard InChI is InChI=1S/C13H21N5O3S/c1-9(11(19)15-12(20)14-2)22-13-17-16-10(21-13)8-18-6-4-3-5-7-18/h9H,3-8H2,1-2H3,(H2,14,15,19,20)/p+1/t9-/m1/s1. The monoisotopic (exact) mass is 328 g/mol. The maximum Gasteiger partial charge on any atom is 0.321 e. The molecule has 0 radical (unpaired) electrons. The van der Waals surface area contributed by atoms with Gasteiger partial charge in [0.25, 0.3) is 11.1 Å². The number of thioether (sulfide) groups is 1. The van der Waals surface area contributed by atoms with Crippen LogP contribution < -0.4 is 15.5 Å². The van der Waals surface area contributed by atoms with Crippen molar-refractivity contribution in [2.45, 2.75) is 43.2 Å². The van der Waals surface area contributed by atoms with Gasteiger partial charge in [-0.1, -0.05) is 11.8 Å². The topological polar surface area (TPSA) is 102 Å². The van der Waals surface area contributed by atoms with Gasteiger partial charge in [-0.05, 0) is 26.2 Å². The molecule has 1 saturated heterocycles. The summed E-state index contributed by atoms with van der Waals surface area (Å²) in [6, 6.07) is -0.530. The first kappa shape index (κ1) is 16.8. The number of imide groups is 1. The summed E-state index contributed by atoms with van der Waals surface area (Å²) < 4.78 is 5.58. The summed E-state index contributed by atoms with van der Waals surface area (Å²) in [5.74, 6) is 0.198. The van der Waals surface area contributed by atoms with Crippen LogP contribution in [0.4, 0.5) is 4.79 Å². The third-order valence-corrected chi connectivity index (χ3v) is 4.46. The third kappa shape index (κ3) is 4.99. The highest BCUT2D eigenvalue weighted by Crippen LogP contribution is 2.21. The summed E-state index contributed by atoms with van der Waals surface area (Å²) in [6.07, 6.45) is 3.77. The second kappa shape index (κ2) is 8.14. The number of hydrogen-bond acceptors (Lipinski definition) is 6. The lowest BCUT2D eigenvalue weighted by Gasteiger charge is -2.21. The molecule has 1 aliphatic rings. The van der Waals surface area contributed by atoms with E-state index in [1.54, 1.807) is 6.92 Å². The molecular weight excluding hydrogens is 306 g/mol. The Bertz CT molecular complexity index is 516. The van der Waals surface area contributed by atoms with Gasteiger partial charge in [0.05, 0.1) is 18.3 Å². The van der Waals surface area contributed by atoms with Gasteiger partial charge in [0.1, 0.15) is 0 Å². The Balaban J connectivity index is 1.83. The molecule has 3 N–H and O–H groups in total.